The number of fused-ring (bicyclic) bond motifs is 2. The first-order valence-electron chi connectivity index (χ1n) is 23.3. The van der Waals surface area contributed by atoms with E-state index >= 15 is 0 Å². The van der Waals surface area contributed by atoms with E-state index in [0.29, 0.717) is 51.2 Å². The van der Waals surface area contributed by atoms with Crippen LogP contribution >= 0.6 is 50.7 Å². The predicted octanol–water partition coefficient (Wildman–Crippen LogP) is 7.40. The maximum absolute atomic E-state index is 14.0. The standard InChI is InChI=1S/C23H30ClN6O5P.C9H14N5O4P.C8H15NO2.C6H5ClO.ClH/c1-15(11-30-13-28-19-20(25)26-12-27-21(19)30)33-14-36(32,35-18-9-7-16(24)8-10-18)29-23(2,3)22(31)34-17-5-4-6-17;1-6(18-5-19(15,16)17)2-14-4-13-7-8(10)11-3-12-9(7)14;1-8(2,9)7(10)11-6-4-3-5-6;7-5-1-3-6(8)4-2-5;/h7-10,12-13,15,17H,4-6,11,14H2,1-3H3,(H,29,32)(H2,25,26,27);3-4,6H,2,5H2,1H3,(H2,10,11,12)(H2,15,16,17);6H,3-5,9H2,1-2H3;1-4,8H;1H/t15-,36?;6-;;;/m11.../s1. The van der Waals surface area contributed by atoms with Crippen LogP contribution in [0.2, 0.25) is 10.0 Å². The molecule has 24 nitrogen and oxygen atoms in total. The number of phenolic OH excluding ortho intramolecular Hbond substituents is 1. The molecule has 3 atom stereocenters. The third-order valence-corrected chi connectivity index (χ3v) is 13.7. The van der Waals surface area contributed by atoms with Crippen molar-refractivity contribution in [1.82, 2.24) is 44.1 Å². The van der Waals surface area contributed by atoms with Gasteiger partial charge in [0, 0.05) is 10.0 Å². The minimum Gasteiger partial charge on any atom is -0.508 e. The van der Waals surface area contributed by atoms with Crippen molar-refractivity contribution in [2.45, 2.75) is 129 Å². The average molecular weight is 1150 g/mol. The summed E-state index contributed by atoms with van der Waals surface area (Å²) in [5, 5.41) is 12.7. The van der Waals surface area contributed by atoms with Crippen LogP contribution in [-0.2, 0) is 50.8 Å². The number of phenols is 1. The zero-order valence-corrected chi connectivity index (χ0v) is 46.3. The van der Waals surface area contributed by atoms with Crippen molar-refractivity contribution in [3.05, 3.63) is 83.9 Å². The lowest BCUT2D eigenvalue weighted by atomic mass is 9.96. The van der Waals surface area contributed by atoms with E-state index in [1.54, 1.807) is 98.6 Å². The molecule has 8 rings (SSSR count). The molecule has 0 radical (unpaired) electrons. The summed E-state index contributed by atoms with van der Waals surface area (Å²) in [5.74, 6) is 0.349. The number of hydrogen-bond acceptors (Lipinski definition) is 19. The third kappa shape index (κ3) is 20.0. The summed E-state index contributed by atoms with van der Waals surface area (Å²) in [6.45, 7) is 10.8. The number of nitrogens with zero attached hydrogens (tertiary/aromatic N) is 8. The van der Waals surface area contributed by atoms with Gasteiger partial charge >= 0.3 is 27.1 Å². The third-order valence-electron chi connectivity index (χ3n) is 10.9. The topological polar surface area (TPSA) is 352 Å². The summed E-state index contributed by atoms with van der Waals surface area (Å²) in [6, 6.07) is 12.8. The predicted molar refractivity (Wildman–Crippen MR) is 285 cm³/mol. The second kappa shape index (κ2) is 27.7. The van der Waals surface area contributed by atoms with E-state index in [2.05, 4.69) is 35.0 Å². The first-order chi connectivity index (χ1) is 34.7. The van der Waals surface area contributed by atoms with Crippen LogP contribution in [0.25, 0.3) is 22.3 Å². The zero-order chi connectivity index (χ0) is 54.4. The van der Waals surface area contributed by atoms with Gasteiger partial charge in [-0.3, -0.25) is 18.7 Å². The molecule has 29 heteroatoms. The number of nitrogen functional groups attached to an aromatic ring is 2. The van der Waals surface area contributed by atoms with Gasteiger partial charge in [0.15, 0.2) is 22.9 Å². The Labute approximate surface area is 449 Å². The number of nitrogens with two attached hydrogens (primary N) is 3. The summed E-state index contributed by atoms with van der Waals surface area (Å²) < 4.78 is 55.6. The number of hydrogen-bond donors (Lipinski definition) is 7. The molecule has 10 N–H and O–H groups in total. The van der Waals surface area contributed by atoms with E-state index in [9.17, 15) is 18.7 Å². The monoisotopic (exact) mass is 1140 g/mol. The van der Waals surface area contributed by atoms with Gasteiger partial charge in [-0.05, 0) is 129 Å². The molecule has 2 saturated carbocycles. The van der Waals surface area contributed by atoms with Crippen LogP contribution in [0.1, 0.15) is 80.1 Å². The Bertz CT molecular complexity index is 2860. The fraction of sp³-hybridized carbons (Fsp3) is 0.478. The number of carbonyl (C=O) groups is 2. The van der Waals surface area contributed by atoms with Gasteiger partial charge in [0.05, 0.1) is 38.0 Å². The molecule has 75 heavy (non-hydrogen) atoms. The molecule has 6 aromatic rings. The molecule has 0 aliphatic heterocycles. The number of carbonyl (C=O) groups excluding carboxylic acids is 2. The molecular weight excluding hydrogens is 1080 g/mol. The van der Waals surface area contributed by atoms with E-state index < -0.39 is 50.7 Å². The minimum atomic E-state index is -4.16. The Hall–Kier alpha value is -5.23. The van der Waals surface area contributed by atoms with Gasteiger partial charge in [0.1, 0.15) is 71.2 Å². The molecule has 0 bridgehead atoms. The lowest BCUT2D eigenvalue weighted by molar-refractivity contribution is -0.159. The number of halogens is 3. The highest BCUT2D eigenvalue weighted by molar-refractivity contribution is 7.57. The highest BCUT2D eigenvalue weighted by atomic mass is 35.5. The highest BCUT2D eigenvalue weighted by Crippen LogP contribution is 2.46. The molecule has 4 aromatic heterocycles. The summed E-state index contributed by atoms with van der Waals surface area (Å²) in [6.07, 6.45) is 10.0. The number of imidazole rings is 2. The van der Waals surface area contributed by atoms with Crippen LogP contribution < -0.4 is 26.8 Å². The Balaban J connectivity index is 0.000000257. The smallest absolute Gasteiger partial charge is 0.350 e. The van der Waals surface area contributed by atoms with E-state index in [-0.39, 0.29) is 54.3 Å². The number of aromatic nitrogens is 8. The van der Waals surface area contributed by atoms with Crippen LogP contribution in [0.15, 0.2) is 73.8 Å². The van der Waals surface area contributed by atoms with Crippen molar-refractivity contribution >= 4 is 96.6 Å². The molecule has 4 heterocycles. The molecule has 2 aliphatic rings. The first kappa shape index (κ1) is 62.3. The first-order valence-corrected chi connectivity index (χ1v) is 27.7. The summed E-state index contributed by atoms with van der Waals surface area (Å²) in [4.78, 5) is 65.8. The number of rotatable bonds is 18. The van der Waals surface area contributed by atoms with E-state index in [4.69, 9.17) is 78.8 Å². The molecule has 1 unspecified atom stereocenters. The number of esters is 2. The highest BCUT2D eigenvalue weighted by Gasteiger charge is 2.41. The van der Waals surface area contributed by atoms with E-state index in [1.807, 2.05) is 6.92 Å². The summed E-state index contributed by atoms with van der Waals surface area (Å²) in [5.41, 5.74) is 17.0. The summed E-state index contributed by atoms with van der Waals surface area (Å²) in [7, 11) is -7.91. The van der Waals surface area contributed by atoms with Gasteiger partial charge in [-0.1, -0.05) is 23.2 Å². The van der Waals surface area contributed by atoms with Crippen molar-refractivity contribution in [3.8, 4) is 11.5 Å². The van der Waals surface area contributed by atoms with Crippen molar-refractivity contribution in [2.24, 2.45) is 5.73 Å². The van der Waals surface area contributed by atoms with Gasteiger partial charge in [0.2, 0.25) is 0 Å². The van der Waals surface area contributed by atoms with Crippen molar-refractivity contribution < 1.29 is 57.1 Å². The zero-order valence-electron chi connectivity index (χ0n) is 42.2. The van der Waals surface area contributed by atoms with Gasteiger partial charge in [-0.2, -0.15) is 0 Å². The molecule has 0 spiro atoms. The molecule has 2 aromatic carbocycles. The maximum Gasteiger partial charge on any atom is 0.350 e. The normalized spacial score (nSPS) is 15.3. The minimum absolute atomic E-state index is 0. The Morgan fingerprint density at radius 2 is 1.15 bits per heavy atom. The quantitative estimate of drug-likeness (QED) is 0.0325. The molecule has 2 aliphatic carbocycles. The van der Waals surface area contributed by atoms with Crippen molar-refractivity contribution in [3.63, 3.8) is 0 Å². The number of nitrogens with one attached hydrogen (secondary N) is 1. The largest absolute Gasteiger partial charge is 0.508 e. The van der Waals surface area contributed by atoms with E-state index in [0.717, 1.165) is 32.1 Å². The molecule has 0 saturated heterocycles. The summed E-state index contributed by atoms with van der Waals surface area (Å²) >= 11 is 11.5. The van der Waals surface area contributed by atoms with Crippen LogP contribution in [0.4, 0.5) is 11.6 Å². The SMILES string of the molecule is CC(C)(N)C(=O)OC1CCC1.C[C@H](Cn1cnc2c(N)ncnc21)OCP(=O)(NC(C)(C)C(=O)OC1CCC1)Oc1ccc(Cl)cc1.C[C@H](Cn1cnc2c(N)ncnc21)OCP(=O)(O)O.Cl.Oc1ccc(Cl)cc1. The Morgan fingerprint density at radius 1 is 0.720 bits per heavy atom. The van der Waals surface area contributed by atoms with E-state index in [1.165, 1.54) is 25.4 Å². The van der Waals surface area contributed by atoms with Gasteiger partial charge in [0.25, 0.3) is 0 Å². The number of benzene rings is 2. The molecular formula is C46H65Cl3N12O12P2. The van der Waals surface area contributed by atoms with Crippen LogP contribution in [0, 0.1) is 0 Å². The number of anilines is 2. The fourth-order valence-electron chi connectivity index (χ4n) is 6.41. The Kier molecular flexibility index (Phi) is 23.0. The number of ether oxygens (including phenoxy) is 4. The lowest BCUT2D eigenvalue weighted by Crippen LogP contribution is -2.49. The Morgan fingerprint density at radius 3 is 1.55 bits per heavy atom. The second-order valence-electron chi connectivity index (χ2n) is 18.6. The van der Waals surface area contributed by atoms with Crippen LogP contribution in [0.3, 0.4) is 0 Å². The van der Waals surface area contributed by atoms with Crippen LogP contribution in [0.5, 0.6) is 11.5 Å². The van der Waals surface area contributed by atoms with Gasteiger partial charge in [-0.25, -0.2) is 35.0 Å². The van der Waals surface area contributed by atoms with Gasteiger partial charge in [-0.15, -0.1) is 12.4 Å². The molecule has 0 amide bonds. The fourth-order valence-corrected chi connectivity index (χ4v) is 9.13. The maximum atomic E-state index is 14.0. The van der Waals surface area contributed by atoms with Crippen molar-refractivity contribution in [2.75, 3.05) is 24.2 Å². The van der Waals surface area contributed by atoms with Crippen LogP contribution in [-0.4, -0.2) is 114 Å². The average Bonchev–Trinajstić information content (AvgIpc) is 3.91. The lowest BCUT2D eigenvalue weighted by Gasteiger charge is -2.33. The molecule has 412 valence electrons. The number of aromatic hydroxyl groups is 1. The molecule has 2 fully saturated rings. The van der Waals surface area contributed by atoms with Crippen molar-refractivity contribution in [1.29, 1.82) is 0 Å². The second-order valence-corrected chi connectivity index (χ2v) is 23.1. The van der Waals surface area contributed by atoms with Gasteiger partial charge < -0.3 is 64.7 Å².